The van der Waals surface area contributed by atoms with Crippen molar-refractivity contribution >= 4 is 35.6 Å². The summed E-state index contributed by atoms with van der Waals surface area (Å²) in [6, 6.07) is 7.32. The second kappa shape index (κ2) is 14.1. The smallest absolute Gasteiger partial charge is 0.191 e. The van der Waals surface area contributed by atoms with E-state index in [0.29, 0.717) is 6.04 Å². The lowest BCUT2D eigenvalue weighted by Gasteiger charge is -2.34. The number of halogens is 2. The summed E-state index contributed by atoms with van der Waals surface area (Å²) in [7, 11) is 1.84. The molecule has 0 bridgehead atoms. The van der Waals surface area contributed by atoms with Crippen LogP contribution in [0.2, 0.25) is 0 Å². The first-order chi connectivity index (χ1) is 14.2. The molecule has 0 aliphatic carbocycles. The van der Waals surface area contributed by atoms with Crippen molar-refractivity contribution in [3.05, 3.63) is 30.1 Å². The standard InChI is InChI=1S/C23H38FN5.HI/c1-25-23(26-13-4-2-5-14-28-15-6-3-7-16-28)27-21-11-17-29(18-12-21)22-10-8-9-20(24)19-22;/h8-10,19,21H,2-7,11-18H2,1H3,(H2,25,26,27);1H. The number of hydrogen-bond donors (Lipinski definition) is 2. The second-order valence-corrected chi connectivity index (χ2v) is 8.35. The molecule has 0 radical (unpaired) electrons. The lowest BCUT2D eigenvalue weighted by molar-refractivity contribution is 0.224. The average molecular weight is 532 g/mol. The first-order valence-corrected chi connectivity index (χ1v) is 11.4. The van der Waals surface area contributed by atoms with Crippen LogP contribution < -0.4 is 15.5 Å². The van der Waals surface area contributed by atoms with Crippen LogP contribution in [0.25, 0.3) is 0 Å². The quantitative estimate of drug-likeness (QED) is 0.228. The summed E-state index contributed by atoms with van der Waals surface area (Å²) >= 11 is 0. The molecule has 1 aromatic rings. The number of guanidine groups is 1. The summed E-state index contributed by atoms with van der Waals surface area (Å²) in [6.45, 7) is 6.71. The van der Waals surface area contributed by atoms with Crippen LogP contribution in [-0.2, 0) is 0 Å². The summed E-state index contributed by atoms with van der Waals surface area (Å²) < 4.78 is 13.4. The number of unbranched alkanes of at least 4 members (excludes halogenated alkanes) is 2. The fraction of sp³-hybridized carbons (Fsp3) is 0.696. The van der Waals surface area contributed by atoms with Gasteiger partial charge in [0.1, 0.15) is 5.82 Å². The molecule has 2 saturated heterocycles. The highest BCUT2D eigenvalue weighted by atomic mass is 127. The normalized spacial score (nSPS) is 18.7. The molecule has 1 aromatic carbocycles. The zero-order chi connectivity index (χ0) is 20.3. The lowest BCUT2D eigenvalue weighted by Crippen LogP contribution is -2.48. The Labute approximate surface area is 198 Å². The third-order valence-electron chi connectivity index (χ3n) is 6.13. The Hall–Kier alpha value is -1.09. The fourth-order valence-electron chi connectivity index (χ4n) is 4.37. The van der Waals surface area contributed by atoms with Gasteiger partial charge in [-0.3, -0.25) is 4.99 Å². The van der Waals surface area contributed by atoms with E-state index < -0.39 is 0 Å². The van der Waals surface area contributed by atoms with E-state index >= 15 is 0 Å². The number of aliphatic imine (C=N–C) groups is 1. The Bertz CT molecular complexity index is 628. The molecule has 2 heterocycles. The molecule has 2 N–H and O–H groups in total. The molecule has 30 heavy (non-hydrogen) atoms. The third kappa shape index (κ3) is 8.57. The Morgan fingerprint density at radius 1 is 1.07 bits per heavy atom. The average Bonchev–Trinajstić information content (AvgIpc) is 2.76. The Kier molecular flexibility index (Phi) is 11.8. The molecule has 170 valence electrons. The molecule has 2 aliphatic rings. The molecule has 0 aromatic heterocycles. The summed E-state index contributed by atoms with van der Waals surface area (Å²) in [6.07, 6.45) is 10.00. The molecule has 0 amide bonds. The highest BCUT2D eigenvalue weighted by molar-refractivity contribution is 14.0. The van der Waals surface area contributed by atoms with E-state index in [1.54, 1.807) is 12.1 Å². The summed E-state index contributed by atoms with van der Waals surface area (Å²) in [5.74, 6) is 0.744. The molecular formula is C23H39FIN5. The van der Waals surface area contributed by atoms with E-state index in [-0.39, 0.29) is 29.8 Å². The summed E-state index contributed by atoms with van der Waals surface area (Å²) in [5, 5.41) is 7.03. The molecule has 7 heteroatoms. The van der Waals surface area contributed by atoms with E-state index in [4.69, 9.17) is 0 Å². The lowest BCUT2D eigenvalue weighted by atomic mass is 10.0. The van der Waals surface area contributed by atoms with Crippen molar-refractivity contribution in [2.45, 2.75) is 57.4 Å². The van der Waals surface area contributed by atoms with Crippen LogP contribution in [0.15, 0.2) is 29.3 Å². The van der Waals surface area contributed by atoms with Crippen LogP contribution in [0.5, 0.6) is 0 Å². The number of anilines is 1. The van der Waals surface area contributed by atoms with Gasteiger partial charge in [0, 0.05) is 38.4 Å². The van der Waals surface area contributed by atoms with E-state index in [2.05, 4.69) is 25.4 Å². The van der Waals surface area contributed by atoms with Crippen LogP contribution in [0.4, 0.5) is 10.1 Å². The molecule has 0 saturated carbocycles. The van der Waals surface area contributed by atoms with Crippen molar-refractivity contribution in [2.24, 2.45) is 4.99 Å². The molecule has 2 aliphatic heterocycles. The number of nitrogens with one attached hydrogen (secondary N) is 2. The number of benzene rings is 1. The van der Waals surface area contributed by atoms with Crippen molar-refractivity contribution in [3.63, 3.8) is 0 Å². The third-order valence-corrected chi connectivity index (χ3v) is 6.13. The maximum absolute atomic E-state index is 13.4. The molecular weight excluding hydrogens is 492 g/mol. The minimum atomic E-state index is -0.164. The largest absolute Gasteiger partial charge is 0.371 e. The number of likely N-dealkylation sites (tertiary alicyclic amines) is 1. The maximum atomic E-state index is 13.4. The topological polar surface area (TPSA) is 42.9 Å². The van der Waals surface area contributed by atoms with Crippen molar-refractivity contribution < 1.29 is 4.39 Å². The Balaban J connectivity index is 0.00000320. The zero-order valence-corrected chi connectivity index (χ0v) is 20.7. The summed E-state index contributed by atoms with van der Waals surface area (Å²) in [5.41, 5.74) is 0.982. The van der Waals surface area contributed by atoms with E-state index in [9.17, 15) is 4.39 Å². The predicted molar refractivity (Wildman–Crippen MR) is 136 cm³/mol. The molecule has 0 atom stereocenters. The van der Waals surface area contributed by atoms with Crippen LogP contribution in [0.1, 0.15) is 51.4 Å². The van der Waals surface area contributed by atoms with Gasteiger partial charge in [0.2, 0.25) is 0 Å². The molecule has 2 fully saturated rings. The van der Waals surface area contributed by atoms with Crippen LogP contribution >= 0.6 is 24.0 Å². The van der Waals surface area contributed by atoms with Crippen molar-refractivity contribution in [3.8, 4) is 0 Å². The molecule has 3 rings (SSSR count). The summed E-state index contributed by atoms with van der Waals surface area (Å²) in [4.78, 5) is 9.27. The predicted octanol–water partition coefficient (Wildman–Crippen LogP) is 4.23. The Morgan fingerprint density at radius 2 is 1.83 bits per heavy atom. The van der Waals surface area contributed by atoms with Gasteiger partial charge in [-0.1, -0.05) is 18.9 Å². The first-order valence-electron chi connectivity index (χ1n) is 11.4. The minimum Gasteiger partial charge on any atom is -0.371 e. The maximum Gasteiger partial charge on any atom is 0.191 e. The first kappa shape index (κ1) is 25.2. The second-order valence-electron chi connectivity index (χ2n) is 8.35. The Morgan fingerprint density at radius 3 is 2.53 bits per heavy atom. The van der Waals surface area contributed by atoms with Crippen molar-refractivity contribution in [1.82, 2.24) is 15.5 Å². The van der Waals surface area contributed by atoms with Gasteiger partial charge in [-0.15, -0.1) is 24.0 Å². The van der Waals surface area contributed by atoms with Gasteiger partial charge in [0.15, 0.2) is 5.96 Å². The number of hydrogen-bond acceptors (Lipinski definition) is 3. The van der Waals surface area contributed by atoms with Crippen LogP contribution in [-0.4, -0.2) is 63.2 Å². The van der Waals surface area contributed by atoms with Crippen molar-refractivity contribution in [2.75, 3.05) is 51.2 Å². The van der Waals surface area contributed by atoms with Gasteiger partial charge in [0.25, 0.3) is 0 Å². The highest BCUT2D eigenvalue weighted by Crippen LogP contribution is 2.20. The van der Waals surface area contributed by atoms with Gasteiger partial charge in [0.05, 0.1) is 0 Å². The molecule has 5 nitrogen and oxygen atoms in total. The van der Waals surface area contributed by atoms with Gasteiger partial charge >= 0.3 is 0 Å². The minimum absolute atomic E-state index is 0. The molecule has 0 spiro atoms. The van der Waals surface area contributed by atoms with E-state index in [1.807, 2.05) is 13.1 Å². The number of piperidine rings is 2. The van der Waals surface area contributed by atoms with Gasteiger partial charge in [-0.25, -0.2) is 4.39 Å². The van der Waals surface area contributed by atoms with Crippen molar-refractivity contribution in [1.29, 1.82) is 0 Å². The van der Waals surface area contributed by atoms with E-state index in [0.717, 1.165) is 44.1 Å². The number of nitrogens with zero attached hydrogens (tertiary/aromatic N) is 3. The monoisotopic (exact) mass is 531 g/mol. The number of rotatable bonds is 8. The van der Waals surface area contributed by atoms with Crippen LogP contribution in [0, 0.1) is 5.82 Å². The fourth-order valence-corrected chi connectivity index (χ4v) is 4.37. The van der Waals surface area contributed by atoms with E-state index in [1.165, 1.54) is 64.2 Å². The highest BCUT2D eigenvalue weighted by Gasteiger charge is 2.20. The van der Waals surface area contributed by atoms with Crippen LogP contribution in [0.3, 0.4) is 0 Å². The molecule has 0 unspecified atom stereocenters. The SMILES string of the molecule is CN=C(NCCCCCN1CCCCC1)NC1CCN(c2cccc(F)c2)CC1.I. The van der Waals surface area contributed by atoms with Gasteiger partial charge in [-0.2, -0.15) is 0 Å². The van der Waals surface area contributed by atoms with Gasteiger partial charge < -0.3 is 20.4 Å². The zero-order valence-electron chi connectivity index (χ0n) is 18.4. The van der Waals surface area contributed by atoms with Gasteiger partial charge in [-0.05, 0) is 76.4 Å².